The minimum atomic E-state index is -0.963. The molecule has 0 saturated carbocycles. The molecule has 1 aromatic carbocycles. The highest BCUT2D eigenvalue weighted by molar-refractivity contribution is 7.20. The van der Waals surface area contributed by atoms with Gasteiger partial charge in [-0.3, -0.25) is 4.79 Å². The minimum Gasteiger partial charge on any atom is -0.480 e. The number of carbonyl (C=O) groups excluding carboxylic acids is 1. The summed E-state index contributed by atoms with van der Waals surface area (Å²) in [5, 5.41) is 9.91. The molecule has 0 spiro atoms. The van der Waals surface area contributed by atoms with Crippen molar-refractivity contribution in [1.29, 1.82) is 0 Å². The van der Waals surface area contributed by atoms with Crippen molar-refractivity contribution in [2.45, 2.75) is 25.3 Å². The van der Waals surface area contributed by atoms with E-state index in [9.17, 15) is 19.1 Å². The van der Waals surface area contributed by atoms with Gasteiger partial charge in [-0.05, 0) is 48.9 Å². The molecule has 0 bridgehead atoms. The number of fused-ring (bicyclic) bond motifs is 1. The molecule has 1 atom stereocenters. The molecule has 1 N–H and O–H groups in total. The summed E-state index contributed by atoms with van der Waals surface area (Å²) < 4.78 is 14.0. The van der Waals surface area contributed by atoms with Crippen molar-refractivity contribution in [2.75, 3.05) is 6.54 Å². The van der Waals surface area contributed by atoms with Gasteiger partial charge in [0.2, 0.25) is 0 Å². The Morgan fingerprint density at radius 3 is 2.86 bits per heavy atom. The van der Waals surface area contributed by atoms with E-state index in [0.717, 1.165) is 17.5 Å². The maximum absolute atomic E-state index is 13.2. The van der Waals surface area contributed by atoms with Crippen LogP contribution in [0.1, 0.15) is 28.9 Å². The molecule has 1 aromatic heterocycles. The number of thiophene rings is 1. The zero-order valence-electron chi connectivity index (χ0n) is 11.2. The minimum absolute atomic E-state index is 0.274. The number of piperidine rings is 1. The number of aliphatic carboxylic acids is 1. The van der Waals surface area contributed by atoms with Crippen molar-refractivity contribution in [1.82, 2.24) is 4.90 Å². The van der Waals surface area contributed by atoms with Crippen molar-refractivity contribution in [3.63, 3.8) is 0 Å². The maximum Gasteiger partial charge on any atom is 0.326 e. The maximum atomic E-state index is 13.2. The number of carboxylic acids is 1. The van der Waals surface area contributed by atoms with Crippen molar-refractivity contribution in [3.05, 3.63) is 35.0 Å². The molecule has 1 fully saturated rings. The van der Waals surface area contributed by atoms with Gasteiger partial charge in [-0.25, -0.2) is 9.18 Å². The summed E-state index contributed by atoms with van der Waals surface area (Å²) in [6.45, 7) is 0.457. The van der Waals surface area contributed by atoms with E-state index in [0.29, 0.717) is 23.2 Å². The van der Waals surface area contributed by atoms with Crippen LogP contribution in [0.4, 0.5) is 4.39 Å². The Morgan fingerprint density at radius 2 is 2.10 bits per heavy atom. The number of carbonyl (C=O) groups is 2. The zero-order valence-corrected chi connectivity index (χ0v) is 12.0. The molecule has 2 heterocycles. The topological polar surface area (TPSA) is 57.6 Å². The van der Waals surface area contributed by atoms with Crippen molar-refractivity contribution < 1.29 is 19.1 Å². The van der Waals surface area contributed by atoms with E-state index in [-0.39, 0.29) is 11.7 Å². The summed E-state index contributed by atoms with van der Waals surface area (Å²) in [5.74, 6) is -1.58. The first-order chi connectivity index (χ1) is 10.1. The van der Waals surface area contributed by atoms with E-state index >= 15 is 0 Å². The molecule has 0 aliphatic carbocycles. The Labute approximate surface area is 124 Å². The lowest BCUT2D eigenvalue weighted by Crippen LogP contribution is -2.47. The Hall–Kier alpha value is -1.95. The van der Waals surface area contributed by atoms with Gasteiger partial charge in [0.25, 0.3) is 5.91 Å². The lowest BCUT2D eigenvalue weighted by atomic mass is 10.0. The van der Waals surface area contributed by atoms with E-state index in [1.54, 1.807) is 12.1 Å². The van der Waals surface area contributed by atoms with Gasteiger partial charge in [-0.15, -0.1) is 11.3 Å². The number of hydrogen-bond donors (Lipinski definition) is 1. The molecule has 4 nitrogen and oxygen atoms in total. The summed E-state index contributed by atoms with van der Waals surface area (Å²) in [5.41, 5.74) is 0. The molecule has 0 radical (unpaired) electrons. The predicted molar refractivity (Wildman–Crippen MR) is 78.1 cm³/mol. The molecular weight excluding hydrogens is 293 g/mol. The Kier molecular flexibility index (Phi) is 3.63. The van der Waals surface area contributed by atoms with Gasteiger partial charge in [0.15, 0.2) is 0 Å². The molecule has 1 amide bonds. The Bertz CT molecular complexity index is 712. The molecule has 110 valence electrons. The fraction of sp³-hybridized carbons (Fsp3) is 0.333. The van der Waals surface area contributed by atoms with Gasteiger partial charge < -0.3 is 10.0 Å². The number of nitrogens with zero attached hydrogens (tertiary/aromatic N) is 1. The number of rotatable bonds is 2. The lowest BCUT2D eigenvalue weighted by molar-refractivity contribution is -0.143. The van der Waals surface area contributed by atoms with E-state index in [2.05, 4.69) is 0 Å². The molecule has 0 unspecified atom stereocenters. The molecule has 2 aromatic rings. The molecular formula is C15H14FNO3S. The fourth-order valence-electron chi connectivity index (χ4n) is 2.69. The number of carboxylic acid groups (broad SMARTS) is 1. The highest BCUT2D eigenvalue weighted by atomic mass is 32.1. The van der Waals surface area contributed by atoms with Crippen LogP contribution in [0.3, 0.4) is 0 Å². The third kappa shape index (κ3) is 2.63. The smallest absolute Gasteiger partial charge is 0.326 e. The molecule has 1 saturated heterocycles. The number of amides is 1. The number of hydrogen-bond acceptors (Lipinski definition) is 3. The second-order valence-corrected chi connectivity index (χ2v) is 6.22. The van der Waals surface area contributed by atoms with Crippen molar-refractivity contribution in [2.24, 2.45) is 0 Å². The lowest BCUT2D eigenvalue weighted by Gasteiger charge is -2.32. The molecule has 1 aliphatic heterocycles. The Balaban J connectivity index is 1.93. The summed E-state index contributed by atoms with van der Waals surface area (Å²) in [6, 6.07) is 5.26. The second-order valence-electron chi connectivity index (χ2n) is 5.14. The summed E-state index contributed by atoms with van der Waals surface area (Å²) in [7, 11) is 0. The average molecular weight is 307 g/mol. The van der Waals surface area contributed by atoms with Crippen LogP contribution in [0.2, 0.25) is 0 Å². The number of benzene rings is 1. The summed E-state index contributed by atoms with van der Waals surface area (Å²) in [6.07, 6.45) is 2.12. The van der Waals surface area contributed by atoms with Crippen molar-refractivity contribution >= 4 is 33.3 Å². The third-order valence-electron chi connectivity index (χ3n) is 3.74. The van der Waals surface area contributed by atoms with E-state index in [1.807, 2.05) is 0 Å². The van der Waals surface area contributed by atoms with Gasteiger partial charge in [0, 0.05) is 11.2 Å². The monoisotopic (exact) mass is 307 g/mol. The molecule has 3 rings (SSSR count). The largest absolute Gasteiger partial charge is 0.480 e. The quantitative estimate of drug-likeness (QED) is 0.927. The van der Waals surface area contributed by atoms with E-state index < -0.39 is 12.0 Å². The SMILES string of the molecule is O=C(O)[C@H]1CCCCN1C(=O)c1cc2cc(F)ccc2s1. The number of halogens is 1. The highest BCUT2D eigenvalue weighted by Crippen LogP contribution is 2.29. The first kappa shape index (κ1) is 14.0. The molecule has 21 heavy (non-hydrogen) atoms. The van der Waals surface area contributed by atoms with E-state index in [1.165, 1.54) is 28.4 Å². The summed E-state index contributed by atoms with van der Waals surface area (Å²) in [4.78, 5) is 25.7. The van der Waals surface area contributed by atoms with Gasteiger partial charge in [-0.1, -0.05) is 0 Å². The summed E-state index contributed by atoms with van der Waals surface area (Å²) >= 11 is 1.27. The zero-order chi connectivity index (χ0) is 15.0. The average Bonchev–Trinajstić information content (AvgIpc) is 2.89. The molecule has 6 heteroatoms. The van der Waals surface area contributed by atoms with Gasteiger partial charge in [-0.2, -0.15) is 0 Å². The van der Waals surface area contributed by atoms with Crippen LogP contribution < -0.4 is 0 Å². The van der Waals surface area contributed by atoms with Crippen LogP contribution in [-0.2, 0) is 4.79 Å². The van der Waals surface area contributed by atoms with E-state index in [4.69, 9.17) is 0 Å². The van der Waals surface area contributed by atoms with Gasteiger partial charge in [0.05, 0.1) is 4.88 Å². The molecule has 1 aliphatic rings. The van der Waals surface area contributed by atoms with Crippen LogP contribution in [0.5, 0.6) is 0 Å². The Morgan fingerprint density at radius 1 is 1.29 bits per heavy atom. The first-order valence-corrected chi connectivity index (χ1v) is 7.61. The van der Waals surface area contributed by atoms with Crippen LogP contribution in [-0.4, -0.2) is 34.5 Å². The second kappa shape index (κ2) is 5.44. The number of likely N-dealkylation sites (tertiary alicyclic amines) is 1. The van der Waals surface area contributed by atoms with Crippen molar-refractivity contribution in [3.8, 4) is 0 Å². The first-order valence-electron chi connectivity index (χ1n) is 6.79. The van der Waals surface area contributed by atoms with Crippen LogP contribution in [0.25, 0.3) is 10.1 Å². The standard InChI is InChI=1S/C15H14FNO3S/c16-10-4-5-12-9(7-10)8-13(21-12)14(18)17-6-2-1-3-11(17)15(19)20/h4-5,7-8,11H,1-3,6H2,(H,19,20)/t11-/m1/s1. The predicted octanol–water partition coefficient (Wildman–Crippen LogP) is 3.12. The van der Waals surface area contributed by atoms with Crippen LogP contribution >= 0.6 is 11.3 Å². The third-order valence-corrected chi connectivity index (χ3v) is 4.84. The van der Waals surface area contributed by atoms with Crippen LogP contribution in [0.15, 0.2) is 24.3 Å². The normalized spacial score (nSPS) is 18.9. The van der Waals surface area contributed by atoms with Gasteiger partial charge >= 0.3 is 5.97 Å². The fourth-order valence-corrected chi connectivity index (χ4v) is 3.69. The highest BCUT2D eigenvalue weighted by Gasteiger charge is 2.33. The van der Waals surface area contributed by atoms with Gasteiger partial charge in [0.1, 0.15) is 11.9 Å². The van der Waals surface area contributed by atoms with Crippen LogP contribution in [0, 0.1) is 5.82 Å².